The lowest BCUT2D eigenvalue weighted by Crippen LogP contribution is -2.42. The molecule has 0 fully saturated rings. The molecule has 4 N–H and O–H groups in total. The van der Waals surface area contributed by atoms with Crippen LogP contribution in [0.25, 0.3) is 22.3 Å². The summed E-state index contributed by atoms with van der Waals surface area (Å²) in [4.78, 5) is 30.1. The Morgan fingerprint density at radius 2 is 1.18 bits per heavy atom. The van der Waals surface area contributed by atoms with Crippen LogP contribution in [-0.4, -0.2) is 80.8 Å². The first kappa shape index (κ1) is 39.8. The van der Waals surface area contributed by atoms with Crippen molar-refractivity contribution in [2.24, 2.45) is 10.9 Å². The van der Waals surface area contributed by atoms with Crippen molar-refractivity contribution >= 4 is 46.4 Å². The smallest absolute Gasteiger partial charge is 0.407 e. The average molecular weight is 802 g/mol. The number of ether oxygens (including phenoxy) is 3. The van der Waals surface area contributed by atoms with Gasteiger partial charge in [-0.1, -0.05) is 134 Å². The number of allylic oxidation sites excluding steroid dienone is 1. The van der Waals surface area contributed by atoms with Crippen LogP contribution in [0, 0.1) is 5.92 Å². The Hall–Kier alpha value is -5.43. The molecule has 0 saturated carbocycles. The lowest BCUT2D eigenvalue weighted by Gasteiger charge is -2.21. The third-order valence-corrected chi connectivity index (χ3v) is 11.6. The molecule has 4 aromatic rings. The van der Waals surface area contributed by atoms with Crippen molar-refractivity contribution in [1.29, 1.82) is 0 Å². The topological polar surface area (TPSA) is 122 Å². The minimum atomic E-state index is -0.491. The van der Waals surface area contributed by atoms with Gasteiger partial charge in [0.25, 0.3) is 0 Å². The summed E-state index contributed by atoms with van der Waals surface area (Å²) >= 11 is 7.11. The number of hydrogen-bond donors (Lipinski definition) is 4. The van der Waals surface area contributed by atoms with E-state index in [0.29, 0.717) is 35.7 Å². The van der Waals surface area contributed by atoms with E-state index in [4.69, 9.17) is 31.4 Å². The van der Waals surface area contributed by atoms with Crippen LogP contribution in [0.3, 0.4) is 0 Å². The fourth-order valence-corrected chi connectivity index (χ4v) is 8.76. The van der Waals surface area contributed by atoms with Gasteiger partial charge in [-0.2, -0.15) is 0 Å². The van der Waals surface area contributed by atoms with Crippen LogP contribution in [0.15, 0.2) is 126 Å². The number of carbonyl (C=O) groups excluding carboxylic acids is 2. The number of rotatable bonds is 13. The second-order valence-electron chi connectivity index (χ2n) is 14.0. The molecule has 0 bridgehead atoms. The molecule has 10 nitrogen and oxygen atoms in total. The van der Waals surface area contributed by atoms with E-state index in [1.807, 2.05) is 48.5 Å². The van der Waals surface area contributed by atoms with Crippen molar-refractivity contribution in [2.75, 3.05) is 52.3 Å². The van der Waals surface area contributed by atoms with Crippen molar-refractivity contribution < 1.29 is 23.8 Å². The number of nitrogens with one attached hydrogen (secondary N) is 4. The standard InChI is InChI=1S/C45H47N5O5S2/c1-29-25-30(19-20-41(29)53-2)28-57-43(47-22-24-49-45(52)55-27-40-37-17-9-5-13-33(37)34-14-6-10-18-38(34)40)50-42(56)46-21-23-48-44(51)54-26-39-35-15-7-3-11-31(35)32-12-4-8-16-36(32)39/h3-20,25,29,39-41H,21-24,26-28H2,1-2H3,(H,48,51)(H,49,52)(H2,46,47,50,56). The summed E-state index contributed by atoms with van der Waals surface area (Å²) in [6.07, 6.45) is 5.41. The summed E-state index contributed by atoms with van der Waals surface area (Å²) in [5.74, 6) is 0.888. The van der Waals surface area contributed by atoms with Gasteiger partial charge >= 0.3 is 12.2 Å². The predicted octanol–water partition coefficient (Wildman–Crippen LogP) is 7.76. The largest absolute Gasteiger partial charge is 0.449 e. The molecule has 7 rings (SSSR count). The minimum absolute atomic E-state index is 0.00754. The van der Waals surface area contributed by atoms with Crippen molar-refractivity contribution in [1.82, 2.24) is 21.3 Å². The average Bonchev–Trinajstić information content (AvgIpc) is 3.73. The van der Waals surface area contributed by atoms with Gasteiger partial charge in [-0.3, -0.25) is 4.99 Å². The van der Waals surface area contributed by atoms with Crippen molar-refractivity contribution in [3.05, 3.63) is 143 Å². The number of carbonyl (C=O) groups is 2. The van der Waals surface area contributed by atoms with E-state index in [2.05, 4.69) is 94.9 Å². The number of amides is 2. The molecule has 2 amide bonds. The van der Waals surface area contributed by atoms with E-state index < -0.39 is 12.2 Å². The van der Waals surface area contributed by atoms with E-state index in [9.17, 15) is 9.59 Å². The summed E-state index contributed by atoms with van der Waals surface area (Å²) in [5, 5.41) is 12.9. The quantitative estimate of drug-likeness (QED) is 0.0465. The minimum Gasteiger partial charge on any atom is -0.449 e. The zero-order valence-electron chi connectivity index (χ0n) is 32.0. The number of fused-ring (bicyclic) bond motifs is 6. The third-order valence-electron chi connectivity index (χ3n) is 10.4. The summed E-state index contributed by atoms with van der Waals surface area (Å²) < 4.78 is 16.9. The number of alkyl carbamates (subject to hydrolysis) is 2. The molecule has 4 aromatic carbocycles. The molecule has 3 aliphatic rings. The van der Waals surface area contributed by atoms with Gasteiger partial charge < -0.3 is 35.5 Å². The van der Waals surface area contributed by atoms with Crippen molar-refractivity contribution in [3.8, 4) is 22.3 Å². The molecule has 0 heterocycles. The van der Waals surface area contributed by atoms with Crippen molar-refractivity contribution in [3.63, 3.8) is 0 Å². The highest BCUT2D eigenvalue weighted by Crippen LogP contribution is 2.45. The second-order valence-corrected chi connectivity index (χ2v) is 15.4. The number of thiocarbonyl (C=S) groups is 1. The highest BCUT2D eigenvalue weighted by atomic mass is 32.2. The van der Waals surface area contributed by atoms with E-state index in [0.717, 1.165) is 27.8 Å². The maximum atomic E-state index is 12.8. The van der Waals surface area contributed by atoms with Gasteiger partial charge in [0.1, 0.15) is 13.2 Å². The van der Waals surface area contributed by atoms with E-state index in [1.165, 1.54) is 34.0 Å². The van der Waals surface area contributed by atoms with Crippen LogP contribution < -0.4 is 21.3 Å². The van der Waals surface area contributed by atoms with Crippen molar-refractivity contribution in [2.45, 2.75) is 24.9 Å². The molecule has 294 valence electrons. The molecule has 0 aliphatic heterocycles. The summed E-state index contributed by atoms with van der Waals surface area (Å²) in [5.41, 5.74) is 10.5. The van der Waals surface area contributed by atoms with E-state index >= 15 is 0 Å². The third kappa shape index (κ3) is 9.76. The normalized spacial score (nSPS) is 16.7. The Morgan fingerprint density at radius 3 is 1.67 bits per heavy atom. The number of nitrogens with zero attached hydrogens (tertiary/aromatic N) is 1. The fourth-order valence-electron chi connectivity index (χ4n) is 7.64. The highest BCUT2D eigenvalue weighted by molar-refractivity contribution is 8.14. The fraction of sp³-hybridized carbons (Fsp3) is 0.289. The van der Waals surface area contributed by atoms with Gasteiger partial charge in [0.15, 0.2) is 10.3 Å². The Bertz CT molecular complexity index is 2100. The molecule has 12 heteroatoms. The van der Waals surface area contributed by atoms with E-state index in [1.54, 1.807) is 7.11 Å². The second kappa shape index (κ2) is 19.1. The Morgan fingerprint density at radius 1 is 0.702 bits per heavy atom. The maximum Gasteiger partial charge on any atom is 0.407 e. The summed E-state index contributed by atoms with van der Waals surface area (Å²) in [6.45, 7) is 3.88. The first-order chi connectivity index (χ1) is 27.9. The van der Waals surface area contributed by atoms with E-state index in [-0.39, 0.29) is 43.6 Å². The Balaban J connectivity index is 0.866. The SMILES string of the molecule is COC1C=CC(CSC(=NCCNC(=O)OCC2c3ccccc3-c3ccccc32)NC(=S)NCCNC(=O)OCC2c3ccccc3-c3ccccc32)=CC1C. The Kier molecular flexibility index (Phi) is 13.4. The van der Waals surface area contributed by atoms with Crippen LogP contribution in [0.4, 0.5) is 9.59 Å². The first-order valence-electron chi connectivity index (χ1n) is 19.2. The van der Waals surface area contributed by atoms with Gasteiger partial charge in [-0.25, -0.2) is 9.59 Å². The molecular formula is C45H47N5O5S2. The molecule has 0 radical (unpaired) electrons. The number of hydrogen-bond acceptors (Lipinski definition) is 8. The number of thioether (sulfide) groups is 1. The first-order valence-corrected chi connectivity index (χ1v) is 20.6. The van der Waals surface area contributed by atoms with Crippen LogP contribution in [0.5, 0.6) is 0 Å². The van der Waals surface area contributed by atoms with Crippen LogP contribution in [0.1, 0.15) is 41.0 Å². The van der Waals surface area contributed by atoms with Gasteiger partial charge in [0.05, 0.1) is 12.6 Å². The molecule has 3 aliphatic carbocycles. The van der Waals surface area contributed by atoms with Gasteiger partial charge in [-0.15, -0.1) is 0 Å². The van der Waals surface area contributed by atoms with Gasteiger partial charge in [0.2, 0.25) is 0 Å². The lowest BCUT2D eigenvalue weighted by molar-refractivity contribution is 0.111. The number of amidine groups is 1. The Labute approximate surface area is 343 Å². The molecule has 0 aromatic heterocycles. The van der Waals surface area contributed by atoms with Gasteiger partial charge in [-0.05, 0) is 62.3 Å². The van der Waals surface area contributed by atoms with Crippen LogP contribution >= 0.6 is 24.0 Å². The number of aliphatic imine (C=N–C) groups is 1. The van der Waals surface area contributed by atoms with Crippen LogP contribution in [0.2, 0.25) is 0 Å². The summed E-state index contributed by atoms with van der Waals surface area (Å²) in [6, 6.07) is 33.0. The molecule has 0 spiro atoms. The number of benzene rings is 4. The maximum absolute atomic E-state index is 12.8. The highest BCUT2D eigenvalue weighted by Gasteiger charge is 2.30. The monoisotopic (exact) mass is 801 g/mol. The summed E-state index contributed by atoms with van der Waals surface area (Å²) in [7, 11) is 1.71. The van der Waals surface area contributed by atoms with Crippen LogP contribution in [-0.2, 0) is 14.2 Å². The molecule has 0 saturated heterocycles. The number of methoxy groups -OCH3 is 1. The zero-order chi connectivity index (χ0) is 39.6. The predicted molar refractivity (Wildman–Crippen MR) is 232 cm³/mol. The molecular weight excluding hydrogens is 755 g/mol. The molecule has 2 unspecified atom stereocenters. The lowest BCUT2D eigenvalue weighted by atomic mass is 9.96. The zero-order valence-corrected chi connectivity index (χ0v) is 33.7. The molecule has 2 atom stereocenters. The van der Waals surface area contributed by atoms with Gasteiger partial charge in [0, 0.05) is 50.3 Å². The molecule has 57 heavy (non-hydrogen) atoms.